The average molecular weight is 193 g/mol. The van der Waals surface area contributed by atoms with Crippen LogP contribution in [0, 0.1) is 5.92 Å². The van der Waals surface area contributed by atoms with Crippen molar-refractivity contribution < 1.29 is 9.90 Å². The molecule has 0 amide bonds. The van der Waals surface area contributed by atoms with Gasteiger partial charge >= 0.3 is 5.97 Å². The van der Waals surface area contributed by atoms with Crippen molar-refractivity contribution in [3.8, 4) is 0 Å². The van der Waals surface area contributed by atoms with Crippen LogP contribution in [0.1, 0.15) is 39.0 Å². The molecule has 0 aliphatic rings. The number of hydrogen-bond donors (Lipinski definition) is 1. The first kappa shape index (κ1) is 11.8. The molecule has 0 spiro atoms. The molecular formula is C9H17ClO2. The van der Waals surface area contributed by atoms with Gasteiger partial charge in [-0.2, -0.15) is 0 Å². The molecule has 0 aromatic heterocycles. The standard InChI is InChI=1S/C9H17ClO2/c1-2-8(7-9(11)12)5-3-4-6-10/h8H,2-7H2,1H3,(H,11,12). The highest BCUT2D eigenvalue weighted by molar-refractivity contribution is 6.17. The molecule has 0 aliphatic heterocycles. The molecule has 3 heteroatoms. The molecule has 2 nitrogen and oxygen atoms in total. The van der Waals surface area contributed by atoms with Crippen LogP contribution in [0.25, 0.3) is 0 Å². The predicted octanol–water partition coefficient (Wildman–Crippen LogP) is 2.90. The molecule has 1 unspecified atom stereocenters. The minimum absolute atomic E-state index is 0.304. The molecule has 1 atom stereocenters. The van der Waals surface area contributed by atoms with E-state index in [2.05, 4.69) is 0 Å². The third-order valence-corrected chi connectivity index (χ3v) is 2.30. The summed E-state index contributed by atoms with van der Waals surface area (Å²) in [7, 11) is 0. The fourth-order valence-corrected chi connectivity index (χ4v) is 1.41. The normalized spacial score (nSPS) is 12.8. The number of unbranched alkanes of at least 4 members (excludes halogenated alkanes) is 1. The average Bonchev–Trinajstić information content (AvgIpc) is 2.02. The highest BCUT2D eigenvalue weighted by atomic mass is 35.5. The lowest BCUT2D eigenvalue weighted by atomic mass is 9.96. The largest absolute Gasteiger partial charge is 0.481 e. The predicted molar refractivity (Wildman–Crippen MR) is 50.6 cm³/mol. The Hall–Kier alpha value is -0.240. The van der Waals surface area contributed by atoms with Crippen molar-refractivity contribution in [2.24, 2.45) is 5.92 Å². The fraction of sp³-hybridized carbons (Fsp3) is 0.889. The van der Waals surface area contributed by atoms with Gasteiger partial charge in [0.15, 0.2) is 0 Å². The van der Waals surface area contributed by atoms with Crippen LogP contribution in [0.15, 0.2) is 0 Å². The van der Waals surface area contributed by atoms with Gasteiger partial charge in [-0.15, -0.1) is 11.6 Å². The van der Waals surface area contributed by atoms with Gasteiger partial charge in [-0.1, -0.05) is 19.8 Å². The van der Waals surface area contributed by atoms with Crippen LogP contribution >= 0.6 is 11.6 Å². The van der Waals surface area contributed by atoms with Gasteiger partial charge < -0.3 is 5.11 Å². The van der Waals surface area contributed by atoms with Crippen LogP contribution in [0.5, 0.6) is 0 Å². The maximum atomic E-state index is 10.4. The molecule has 0 aromatic carbocycles. The van der Waals surface area contributed by atoms with Crippen molar-refractivity contribution in [2.45, 2.75) is 39.0 Å². The number of carboxylic acids is 1. The van der Waals surface area contributed by atoms with Crippen LogP contribution in [0.3, 0.4) is 0 Å². The summed E-state index contributed by atoms with van der Waals surface area (Å²) in [6.45, 7) is 2.04. The Morgan fingerprint density at radius 3 is 2.58 bits per heavy atom. The second kappa shape index (κ2) is 7.41. The molecule has 0 aliphatic carbocycles. The van der Waals surface area contributed by atoms with Crippen LogP contribution < -0.4 is 0 Å². The van der Waals surface area contributed by atoms with Gasteiger partial charge in [0.1, 0.15) is 0 Å². The summed E-state index contributed by atoms with van der Waals surface area (Å²) in [6, 6.07) is 0. The molecule has 0 saturated heterocycles. The van der Waals surface area contributed by atoms with Crippen molar-refractivity contribution in [3.05, 3.63) is 0 Å². The zero-order chi connectivity index (χ0) is 9.40. The lowest BCUT2D eigenvalue weighted by molar-refractivity contribution is -0.138. The van der Waals surface area contributed by atoms with Gasteiger partial charge in [0.05, 0.1) is 0 Å². The van der Waals surface area contributed by atoms with Gasteiger partial charge in [-0.3, -0.25) is 4.79 Å². The minimum atomic E-state index is -0.687. The molecule has 0 aromatic rings. The Bertz CT molecular complexity index is 126. The van der Waals surface area contributed by atoms with Crippen molar-refractivity contribution in [1.82, 2.24) is 0 Å². The monoisotopic (exact) mass is 192 g/mol. The van der Waals surface area contributed by atoms with E-state index in [0.717, 1.165) is 25.7 Å². The first-order chi connectivity index (χ1) is 5.70. The molecular weight excluding hydrogens is 176 g/mol. The van der Waals surface area contributed by atoms with Crippen LogP contribution in [-0.2, 0) is 4.79 Å². The smallest absolute Gasteiger partial charge is 0.303 e. The molecule has 0 radical (unpaired) electrons. The number of rotatable bonds is 7. The fourth-order valence-electron chi connectivity index (χ4n) is 1.22. The van der Waals surface area contributed by atoms with Crippen LogP contribution in [-0.4, -0.2) is 17.0 Å². The van der Waals surface area contributed by atoms with E-state index in [1.807, 2.05) is 6.92 Å². The maximum Gasteiger partial charge on any atom is 0.303 e. The van der Waals surface area contributed by atoms with Gasteiger partial charge in [0.2, 0.25) is 0 Å². The van der Waals surface area contributed by atoms with Gasteiger partial charge in [0.25, 0.3) is 0 Å². The summed E-state index contributed by atoms with van der Waals surface area (Å²) in [5.74, 6) is 0.335. The maximum absolute atomic E-state index is 10.4. The molecule has 12 heavy (non-hydrogen) atoms. The SMILES string of the molecule is CCC(CCCCCl)CC(=O)O. The number of carbonyl (C=O) groups is 1. The molecule has 1 N–H and O–H groups in total. The Morgan fingerprint density at radius 1 is 1.50 bits per heavy atom. The van der Waals surface area contributed by atoms with Gasteiger partial charge in [0, 0.05) is 12.3 Å². The van der Waals surface area contributed by atoms with E-state index in [-0.39, 0.29) is 0 Å². The summed E-state index contributed by atoms with van der Waals surface area (Å²) in [4.78, 5) is 10.4. The van der Waals surface area contributed by atoms with E-state index in [1.54, 1.807) is 0 Å². The highest BCUT2D eigenvalue weighted by Gasteiger charge is 2.09. The summed E-state index contributed by atoms with van der Waals surface area (Å²) < 4.78 is 0. The minimum Gasteiger partial charge on any atom is -0.481 e. The molecule has 0 heterocycles. The molecule has 0 rings (SSSR count). The topological polar surface area (TPSA) is 37.3 Å². The highest BCUT2D eigenvalue weighted by Crippen LogP contribution is 2.16. The first-order valence-electron chi connectivity index (χ1n) is 4.48. The summed E-state index contributed by atoms with van der Waals surface area (Å²) in [5, 5.41) is 8.55. The van der Waals surface area contributed by atoms with Crippen LogP contribution in [0.2, 0.25) is 0 Å². The van der Waals surface area contributed by atoms with Crippen LogP contribution in [0.4, 0.5) is 0 Å². The van der Waals surface area contributed by atoms with Crippen molar-refractivity contribution in [3.63, 3.8) is 0 Å². The lowest BCUT2D eigenvalue weighted by Crippen LogP contribution is -2.06. The molecule has 72 valence electrons. The Labute approximate surface area is 78.9 Å². The van der Waals surface area contributed by atoms with Gasteiger partial charge in [-0.25, -0.2) is 0 Å². The zero-order valence-electron chi connectivity index (χ0n) is 7.55. The van der Waals surface area contributed by atoms with Crippen molar-refractivity contribution in [1.29, 1.82) is 0 Å². The van der Waals surface area contributed by atoms with E-state index < -0.39 is 5.97 Å². The second-order valence-electron chi connectivity index (χ2n) is 3.06. The Morgan fingerprint density at radius 2 is 2.17 bits per heavy atom. The Kier molecular flexibility index (Phi) is 7.26. The lowest BCUT2D eigenvalue weighted by Gasteiger charge is -2.10. The number of hydrogen-bond acceptors (Lipinski definition) is 1. The number of carboxylic acid groups (broad SMARTS) is 1. The zero-order valence-corrected chi connectivity index (χ0v) is 8.31. The van der Waals surface area contributed by atoms with E-state index in [0.29, 0.717) is 18.2 Å². The first-order valence-corrected chi connectivity index (χ1v) is 5.01. The summed E-state index contributed by atoms with van der Waals surface area (Å²) in [5.41, 5.74) is 0. The summed E-state index contributed by atoms with van der Waals surface area (Å²) in [6.07, 6.45) is 4.30. The van der Waals surface area contributed by atoms with E-state index in [4.69, 9.17) is 16.7 Å². The van der Waals surface area contributed by atoms with Gasteiger partial charge in [-0.05, 0) is 18.8 Å². The molecule has 0 bridgehead atoms. The third-order valence-electron chi connectivity index (χ3n) is 2.04. The van der Waals surface area contributed by atoms with Crippen molar-refractivity contribution in [2.75, 3.05) is 5.88 Å². The quantitative estimate of drug-likeness (QED) is 0.498. The Balaban J connectivity index is 3.46. The third kappa shape index (κ3) is 6.47. The van der Waals surface area contributed by atoms with E-state index in [1.165, 1.54) is 0 Å². The summed E-state index contributed by atoms with van der Waals surface area (Å²) >= 11 is 5.52. The second-order valence-corrected chi connectivity index (χ2v) is 3.43. The number of alkyl halides is 1. The number of halogens is 1. The molecule has 0 saturated carbocycles. The van der Waals surface area contributed by atoms with E-state index in [9.17, 15) is 4.79 Å². The number of aliphatic carboxylic acids is 1. The van der Waals surface area contributed by atoms with Crippen molar-refractivity contribution >= 4 is 17.6 Å². The molecule has 0 fully saturated rings. The van der Waals surface area contributed by atoms with E-state index >= 15 is 0 Å².